The molecule has 2 aromatic rings. The molecule has 0 saturated carbocycles. The maximum Gasteiger partial charge on any atom is 0.343 e. The number of allylic oxidation sites excluding steroid dienone is 1. The summed E-state index contributed by atoms with van der Waals surface area (Å²) in [6.45, 7) is 1.64. The first-order valence-electron chi connectivity index (χ1n) is 6.91. The summed E-state index contributed by atoms with van der Waals surface area (Å²) in [6, 6.07) is 10.7. The van der Waals surface area contributed by atoms with Crippen LogP contribution >= 0.6 is 0 Å². The molecule has 116 valence electrons. The van der Waals surface area contributed by atoms with Gasteiger partial charge in [-0.2, -0.15) is 5.26 Å². The quantitative estimate of drug-likeness (QED) is 0.912. The summed E-state index contributed by atoms with van der Waals surface area (Å²) >= 11 is 0. The van der Waals surface area contributed by atoms with Gasteiger partial charge in [0.25, 0.3) is 0 Å². The van der Waals surface area contributed by atoms with Crippen molar-refractivity contribution in [2.24, 2.45) is 5.73 Å². The molecule has 0 amide bonds. The van der Waals surface area contributed by atoms with Crippen molar-refractivity contribution in [2.45, 2.75) is 12.8 Å². The Morgan fingerprint density at radius 3 is 2.83 bits per heavy atom. The van der Waals surface area contributed by atoms with E-state index in [9.17, 15) is 10.1 Å². The van der Waals surface area contributed by atoms with Gasteiger partial charge in [-0.3, -0.25) is 0 Å². The molecule has 2 heterocycles. The van der Waals surface area contributed by atoms with Gasteiger partial charge in [0.15, 0.2) is 0 Å². The van der Waals surface area contributed by atoms with Crippen LogP contribution in [0.25, 0.3) is 0 Å². The number of hydrogen-bond donors (Lipinski definition) is 1. The standard InChI is InChI=1S/C17H14N2O4/c1-9-6-13-15(17(20)22-9)14(12(8-18)16(19)23-13)10-4-3-5-11(7-10)21-2/h3-7,14H,19H2,1-2H3/t14-/m1/s1. The largest absolute Gasteiger partial charge is 0.497 e. The Kier molecular flexibility index (Phi) is 3.54. The number of fused-ring (bicyclic) bond motifs is 1. The van der Waals surface area contributed by atoms with Crippen molar-refractivity contribution in [1.82, 2.24) is 0 Å². The third-order valence-corrected chi connectivity index (χ3v) is 3.68. The molecule has 0 aliphatic carbocycles. The van der Waals surface area contributed by atoms with Crippen molar-refractivity contribution < 1.29 is 13.9 Å². The number of rotatable bonds is 2. The fraction of sp³-hybridized carbons (Fsp3) is 0.176. The van der Waals surface area contributed by atoms with Crippen molar-refractivity contribution in [3.8, 4) is 17.6 Å². The molecule has 1 aliphatic heterocycles. The maximum atomic E-state index is 12.3. The fourth-order valence-electron chi connectivity index (χ4n) is 2.67. The van der Waals surface area contributed by atoms with Crippen LogP contribution in [0.15, 0.2) is 51.0 Å². The molecular formula is C17H14N2O4. The van der Waals surface area contributed by atoms with Gasteiger partial charge in [0.2, 0.25) is 5.88 Å². The lowest BCUT2D eigenvalue weighted by Crippen LogP contribution is -2.26. The minimum Gasteiger partial charge on any atom is -0.497 e. The molecule has 0 bridgehead atoms. The SMILES string of the molecule is COc1cccc([C@@H]2C(C#N)=C(N)Oc3cc(C)oc(=O)c32)c1. The Hall–Kier alpha value is -3.20. The molecule has 0 fully saturated rings. The van der Waals surface area contributed by atoms with Crippen LogP contribution < -0.4 is 20.8 Å². The summed E-state index contributed by atoms with van der Waals surface area (Å²) in [7, 11) is 1.55. The van der Waals surface area contributed by atoms with E-state index in [1.807, 2.05) is 6.07 Å². The number of nitriles is 1. The molecule has 0 radical (unpaired) electrons. The van der Waals surface area contributed by atoms with E-state index in [0.29, 0.717) is 22.8 Å². The predicted octanol–water partition coefficient (Wildman–Crippen LogP) is 2.17. The van der Waals surface area contributed by atoms with E-state index in [2.05, 4.69) is 0 Å². The van der Waals surface area contributed by atoms with Crippen LogP contribution in [-0.2, 0) is 0 Å². The van der Waals surface area contributed by atoms with Gasteiger partial charge in [-0.1, -0.05) is 12.1 Å². The number of hydrogen-bond acceptors (Lipinski definition) is 6. The second kappa shape index (κ2) is 5.54. The van der Waals surface area contributed by atoms with E-state index in [0.717, 1.165) is 0 Å². The molecule has 2 N–H and O–H groups in total. The van der Waals surface area contributed by atoms with Crippen LogP contribution in [0.2, 0.25) is 0 Å². The van der Waals surface area contributed by atoms with Crippen molar-refractivity contribution >= 4 is 0 Å². The van der Waals surface area contributed by atoms with Crippen molar-refractivity contribution in [2.75, 3.05) is 7.11 Å². The highest BCUT2D eigenvalue weighted by Crippen LogP contribution is 2.41. The maximum absolute atomic E-state index is 12.3. The van der Waals surface area contributed by atoms with Gasteiger partial charge < -0.3 is 19.6 Å². The summed E-state index contributed by atoms with van der Waals surface area (Å²) in [6.07, 6.45) is 0. The smallest absolute Gasteiger partial charge is 0.343 e. The van der Waals surface area contributed by atoms with Gasteiger partial charge >= 0.3 is 5.63 Å². The molecule has 0 saturated heterocycles. The van der Waals surface area contributed by atoms with E-state index in [4.69, 9.17) is 19.6 Å². The first-order chi connectivity index (χ1) is 11.0. The van der Waals surface area contributed by atoms with Gasteiger partial charge in [-0.15, -0.1) is 0 Å². The van der Waals surface area contributed by atoms with Gasteiger partial charge in [-0.05, 0) is 24.6 Å². The van der Waals surface area contributed by atoms with Crippen molar-refractivity contribution in [3.05, 3.63) is 69.1 Å². The molecule has 1 aliphatic rings. The number of ether oxygens (including phenoxy) is 2. The summed E-state index contributed by atoms with van der Waals surface area (Å²) in [4.78, 5) is 12.3. The zero-order valence-electron chi connectivity index (χ0n) is 12.6. The summed E-state index contributed by atoms with van der Waals surface area (Å²) in [5.74, 6) is 0.658. The van der Waals surface area contributed by atoms with Crippen LogP contribution in [0.4, 0.5) is 0 Å². The Labute approximate surface area is 132 Å². The third kappa shape index (κ3) is 2.42. The average Bonchev–Trinajstić information content (AvgIpc) is 2.53. The van der Waals surface area contributed by atoms with Crippen LogP contribution in [0.1, 0.15) is 22.8 Å². The Bertz CT molecular complexity index is 906. The lowest BCUT2D eigenvalue weighted by molar-refractivity contribution is 0.371. The minimum atomic E-state index is -0.657. The highest BCUT2D eigenvalue weighted by molar-refractivity contribution is 5.55. The van der Waals surface area contributed by atoms with Crippen LogP contribution in [0, 0.1) is 18.3 Å². The predicted molar refractivity (Wildman–Crippen MR) is 82.0 cm³/mol. The van der Waals surface area contributed by atoms with Crippen molar-refractivity contribution in [3.63, 3.8) is 0 Å². The van der Waals surface area contributed by atoms with Gasteiger partial charge in [0.05, 0.1) is 18.6 Å². The van der Waals surface area contributed by atoms with Gasteiger partial charge in [-0.25, -0.2) is 4.79 Å². The molecule has 0 unspecified atom stereocenters. The second-order valence-corrected chi connectivity index (χ2v) is 5.12. The van der Waals surface area contributed by atoms with E-state index < -0.39 is 11.5 Å². The lowest BCUT2D eigenvalue weighted by atomic mass is 9.84. The third-order valence-electron chi connectivity index (χ3n) is 3.68. The van der Waals surface area contributed by atoms with E-state index in [-0.39, 0.29) is 17.0 Å². The molecular weight excluding hydrogens is 296 g/mol. The lowest BCUT2D eigenvalue weighted by Gasteiger charge is -2.25. The zero-order chi connectivity index (χ0) is 16.6. The second-order valence-electron chi connectivity index (χ2n) is 5.12. The summed E-state index contributed by atoms with van der Waals surface area (Å²) in [5.41, 5.74) is 6.45. The number of benzene rings is 1. The Balaban J connectivity index is 2.29. The van der Waals surface area contributed by atoms with Crippen LogP contribution in [0.5, 0.6) is 11.5 Å². The van der Waals surface area contributed by atoms with E-state index in [1.54, 1.807) is 44.4 Å². The number of nitrogens with zero attached hydrogens (tertiary/aromatic N) is 1. The molecule has 1 aromatic carbocycles. The zero-order valence-corrected chi connectivity index (χ0v) is 12.6. The number of methoxy groups -OCH3 is 1. The molecule has 6 nitrogen and oxygen atoms in total. The first kappa shape index (κ1) is 14.7. The molecule has 23 heavy (non-hydrogen) atoms. The number of nitrogens with two attached hydrogens (primary N) is 1. The molecule has 1 aromatic heterocycles. The van der Waals surface area contributed by atoms with Gasteiger partial charge in [0.1, 0.15) is 28.9 Å². The summed E-state index contributed by atoms with van der Waals surface area (Å²) in [5, 5.41) is 9.46. The summed E-state index contributed by atoms with van der Waals surface area (Å²) < 4.78 is 15.8. The fourth-order valence-corrected chi connectivity index (χ4v) is 2.67. The first-order valence-corrected chi connectivity index (χ1v) is 6.91. The minimum absolute atomic E-state index is 0.0159. The Morgan fingerprint density at radius 2 is 2.13 bits per heavy atom. The van der Waals surface area contributed by atoms with Crippen LogP contribution in [-0.4, -0.2) is 7.11 Å². The normalized spacial score (nSPS) is 16.3. The number of aryl methyl sites for hydroxylation is 1. The van der Waals surface area contributed by atoms with E-state index in [1.165, 1.54) is 0 Å². The van der Waals surface area contributed by atoms with E-state index >= 15 is 0 Å². The van der Waals surface area contributed by atoms with Crippen molar-refractivity contribution in [1.29, 1.82) is 5.26 Å². The molecule has 3 rings (SSSR count). The monoisotopic (exact) mass is 310 g/mol. The highest BCUT2D eigenvalue weighted by atomic mass is 16.5. The van der Waals surface area contributed by atoms with Crippen LogP contribution in [0.3, 0.4) is 0 Å². The molecule has 6 heteroatoms. The van der Waals surface area contributed by atoms with Gasteiger partial charge in [0, 0.05) is 6.07 Å². The Morgan fingerprint density at radius 1 is 1.35 bits per heavy atom. The average molecular weight is 310 g/mol. The highest BCUT2D eigenvalue weighted by Gasteiger charge is 2.34. The molecule has 1 atom stereocenters. The molecule has 0 spiro atoms. The topological polar surface area (TPSA) is 98.5 Å².